The zero-order valence-corrected chi connectivity index (χ0v) is 16.8. The summed E-state index contributed by atoms with van der Waals surface area (Å²) < 4.78 is 5.08. The number of carbonyl (C=O) groups is 1. The summed E-state index contributed by atoms with van der Waals surface area (Å²) in [5, 5.41) is 6.86. The highest BCUT2D eigenvalue weighted by atomic mass is 16.5. The summed E-state index contributed by atoms with van der Waals surface area (Å²) in [4.78, 5) is 19.5. The smallest absolute Gasteiger partial charge is 0.225 e. The third kappa shape index (κ3) is 7.14. The first-order chi connectivity index (χ1) is 12.7. The number of amides is 1. The fourth-order valence-electron chi connectivity index (χ4n) is 3.93. The summed E-state index contributed by atoms with van der Waals surface area (Å²) in [5.74, 6) is 1.54. The van der Waals surface area contributed by atoms with Gasteiger partial charge in [-0.3, -0.25) is 9.79 Å². The molecule has 0 radical (unpaired) electrons. The van der Waals surface area contributed by atoms with Crippen LogP contribution in [0, 0.1) is 5.92 Å². The second kappa shape index (κ2) is 12.2. The van der Waals surface area contributed by atoms with Gasteiger partial charge >= 0.3 is 0 Å². The average molecular weight is 367 g/mol. The number of rotatable bonds is 9. The number of aliphatic imine (C=N–C) groups is 1. The van der Waals surface area contributed by atoms with Gasteiger partial charge in [0.25, 0.3) is 0 Å². The van der Waals surface area contributed by atoms with Crippen LogP contribution < -0.4 is 10.6 Å². The van der Waals surface area contributed by atoms with E-state index in [1.807, 2.05) is 0 Å². The lowest BCUT2D eigenvalue weighted by Gasteiger charge is -2.26. The van der Waals surface area contributed by atoms with Crippen LogP contribution >= 0.6 is 0 Å². The monoisotopic (exact) mass is 366 g/mol. The number of ether oxygens (including phenoxy) is 1. The van der Waals surface area contributed by atoms with Gasteiger partial charge in [0.15, 0.2) is 5.96 Å². The molecule has 1 saturated heterocycles. The van der Waals surface area contributed by atoms with Gasteiger partial charge in [-0.15, -0.1) is 0 Å². The molecule has 1 saturated carbocycles. The number of nitrogens with one attached hydrogen (secondary N) is 2. The van der Waals surface area contributed by atoms with Crippen LogP contribution in [-0.4, -0.2) is 62.7 Å². The zero-order chi connectivity index (χ0) is 18.6. The number of hydrogen-bond acceptors (Lipinski definition) is 3. The van der Waals surface area contributed by atoms with Crippen molar-refractivity contribution >= 4 is 11.9 Å². The molecule has 6 heteroatoms. The topological polar surface area (TPSA) is 66.0 Å². The van der Waals surface area contributed by atoms with Crippen LogP contribution in [0.2, 0.25) is 0 Å². The Bertz CT molecular complexity index is 436. The Morgan fingerprint density at radius 2 is 1.96 bits per heavy atom. The minimum atomic E-state index is 0.275. The van der Waals surface area contributed by atoms with E-state index in [2.05, 4.69) is 27.4 Å². The summed E-state index contributed by atoms with van der Waals surface area (Å²) in [6.45, 7) is 6.29. The van der Waals surface area contributed by atoms with Gasteiger partial charge in [-0.05, 0) is 45.4 Å². The maximum Gasteiger partial charge on any atom is 0.225 e. The SMILES string of the molecule is CCNC(=NCCCCCOC)NC1CCN(C(=O)C2CCCCC2)C1. The highest BCUT2D eigenvalue weighted by molar-refractivity contribution is 5.81. The molecule has 1 unspecified atom stereocenters. The van der Waals surface area contributed by atoms with Crippen LogP contribution in [0.25, 0.3) is 0 Å². The lowest BCUT2D eigenvalue weighted by Crippen LogP contribution is -2.45. The Labute approximate surface area is 159 Å². The Morgan fingerprint density at radius 3 is 2.69 bits per heavy atom. The number of nitrogens with zero attached hydrogens (tertiary/aromatic N) is 2. The van der Waals surface area contributed by atoms with Crippen LogP contribution in [-0.2, 0) is 9.53 Å². The van der Waals surface area contributed by atoms with E-state index in [0.717, 1.165) is 77.3 Å². The van der Waals surface area contributed by atoms with Crippen molar-refractivity contribution in [3.05, 3.63) is 0 Å². The van der Waals surface area contributed by atoms with Gasteiger partial charge in [0, 0.05) is 51.9 Å². The van der Waals surface area contributed by atoms with Crippen LogP contribution in [0.3, 0.4) is 0 Å². The molecule has 1 aliphatic carbocycles. The lowest BCUT2D eigenvalue weighted by atomic mass is 9.88. The van der Waals surface area contributed by atoms with Crippen molar-refractivity contribution in [1.82, 2.24) is 15.5 Å². The third-order valence-electron chi connectivity index (χ3n) is 5.42. The number of likely N-dealkylation sites (tertiary alicyclic amines) is 1. The zero-order valence-electron chi connectivity index (χ0n) is 16.8. The van der Waals surface area contributed by atoms with Crippen molar-refractivity contribution in [2.45, 2.75) is 70.8 Å². The highest BCUT2D eigenvalue weighted by Gasteiger charge is 2.31. The van der Waals surface area contributed by atoms with E-state index in [1.54, 1.807) is 7.11 Å². The van der Waals surface area contributed by atoms with Crippen LogP contribution in [0.1, 0.15) is 64.7 Å². The second-order valence-electron chi connectivity index (χ2n) is 7.56. The minimum absolute atomic E-state index is 0.275. The van der Waals surface area contributed by atoms with Gasteiger partial charge < -0.3 is 20.3 Å². The molecule has 0 bridgehead atoms. The van der Waals surface area contributed by atoms with Crippen LogP contribution in [0.5, 0.6) is 0 Å². The first kappa shape index (κ1) is 21.0. The molecule has 2 rings (SSSR count). The highest BCUT2D eigenvalue weighted by Crippen LogP contribution is 2.26. The van der Waals surface area contributed by atoms with E-state index in [4.69, 9.17) is 4.74 Å². The van der Waals surface area contributed by atoms with E-state index >= 15 is 0 Å². The number of methoxy groups -OCH3 is 1. The molecule has 26 heavy (non-hydrogen) atoms. The lowest BCUT2D eigenvalue weighted by molar-refractivity contribution is -0.135. The predicted octanol–water partition coefficient (Wildman–Crippen LogP) is 2.54. The van der Waals surface area contributed by atoms with Crippen molar-refractivity contribution in [3.63, 3.8) is 0 Å². The van der Waals surface area contributed by atoms with Crippen LogP contribution in [0.15, 0.2) is 4.99 Å². The van der Waals surface area contributed by atoms with Crippen molar-refractivity contribution in [2.75, 3.05) is 39.9 Å². The van der Waals surface area contributed by atoms with Gasteiger partial charge in [-0.2, -0.15) is 0 Å². The number of guanidine groups is 1. The molecule has 2 fully saturated rings. The summed E-state index contributed by atoms with van der Waals surface area (Å²) in [5.41, 5.74) is 0. The number of hydrogen-bond donors (Lipinski definition) is 2. The first-order valence-corrected chi connectivity index (χ1v) is 10.6. The molecular formula is C20H38N4O2. The van der Waals surface area contributed by atoms with E-state index in [9.17, 15) is 4.79 Å². The molecule has 1 aliphatic heterocycles. The maximum absolute atomic E-state index is 12.7. The summed E-state index contributed by atoms with van der Waals surface area (Å²) in [7, 11) is 1.75. The van der Waals surface area contributed by atoms with Gasteiger partial charge in [0.05, 0.1) is 0 Å². The minimum Gasteiger partial charge on any atom is -0.385 e. The Kier molecular flexibility index (Phi) is 9.82. The maximum atomic E-state index is 12.7. The Balaban J connectivity index is 1.73. The first-order valence-electron chi connectivity index (χ1n) is 10.6. The molecule has 0 spiro atoms. The Morgan fingerprint density at radius 1 is 1.15 bits per heavy atom. The molecule has 0 aromatic rings. The quantitative estimate of drug-likeness (QED) is 0.374. The summed E-state index contributed by atoms with van der Waals surface area (Å²) >= 11 is 0. The Hall–Kier alpha value is -1.30. The van der Waals surface area contributed by atoms with E-state index in [0.29, 0.717) is 11.9 Å². The van der Waals surface area contributed by atoms with Gasteiger partial charge in [-0.25, -0.2) is 0 Å². The third-order valence-corrected chi connectivity index (χ3v) is 5.42. The molecule has 6 nitrogen and oxygen atoms in total. The number of carbonyl (C=O) groups excluding carboxylic acids is 1. The average Bonchev–Trinajstić information content (AvgIpc) is 3.13. The van der Waals surface area contributed by atoms with Crippen molar-refractivity contribution in [2.24, 2.45) is 10.9 Å². The predicted molar refractivity (Wildman–Crippen MR) is 106 cm³/mol. The van der Waals surface area contributed by atoms with Gasteiger partial charge in [-0.1, -0.05) is 19.3 Å². The summed E-state index contributed by atoms with van der Waals surface area (Å²) in [6, 6.07) is 0.314. The van der Waals surface area contributed by atoms with Crippen molar-refractivity contribution in [3.8, 4) is 0 Å². The second-order valence-corrected chi connectivity index (χ2v) is 7.56. The normalized spacial score (nSPS) is 21.8. The number of unbranched alkanes of at least 4 members (excludes halogenated alkanes) is 2. The molecule has 0 aromatic heterocycles. The van der Waals surface area contributed by atoms with E-state index < -0.39 is 0 Å². The summed E-state index contributed by atoms with van der Waals surface area (Å²) in [6.07, 6.45) is 10.2. The molecule has 150 valence electrons. The molecule has 2 aliphatic rings. The molecule has 0 aromatic carbocycles. The van der Waals surface area contributed by atoms with E-state index in [1.165, 1.54) is 19.3 Å². The molecular weight excluding hydrogens is 328 g/mol. The molecule has 1 heterocycles. The molecule has 1 amide bonds. The fourth-order valence-corrected chi connectivity index (χ4v) is 3.93. The molecule has 2 N–H and O–H groups in total. The largest absolute Gasteiger partial charge is 0.385 e. The fraction of sp³-hybridized carbons (Fsp3) is 0.900. The van der Waals surface area contributed by atoms with Crippen LogP contribution in [0.4, 0.5) is 0 Å². The van der Waals surface area contributed by atoms with Gasteiger partial charge in [0.2, 0.25) is 5.91 Å². The standard InChI is InChI=1S/C20H38N4O2/c1-3-21-20(22-13-8-5-9-15-26-2)23-18-12-14-24(16-18)19(25)17-10-6-4-7-11-17/h17-18H,3-16H2,1-2H3,(H2,21,22,23). The molecule has 1 atom stereocenters. The van der Waals surface area contributed by atoms with Gasteiger partial charge in [0.1, 0.15) is 0 Å². The van der Waals surface area contributed by atoms with Crippen molar-refractivity contribution in [1.29, 1.82) is 0 Å². The van der Waals surface area contributed by atoms with E-state index in [-0.39, 0.29) is 5.92 Å². The van der Waals surface area contributed by atoms with Crippen molar-refractivity contribution < 1.29 is 9.53 Å².